The summed E-state index contributed by atoms with van der Waals surface area (Å²) in [4.78, 5) is 0. The zero-order chi connectivity index (χ0) is 14.4. The van der Waals surface area contributed by atoms with Gasteiger partial charge in [-0.2, -0.15) is 0 Å². The highest BCUT2D eigenvalue weighted by Gasteiger charge is 2.23. The van der Waals surface area contributed by atoms with E-state index in [9.17, 15) is 4.39 Å². The van der Waals surface area contributed by atoms with Crippen LogP contribution in [0.15, 0.2) is 18.2 Å². The lowest BCUT2D eigenvalue weighted by Crippen LogP contribution is -2.29. The summed E-state index contributed by atoms with van der Waals surface area (Å²) >= 11 is 5.46. The second-order valence-corrected chi connectivity index (χ2v) is 5.11. The molecule has 0 bridgehead atoms. The van der Waals surface area contributed by atoms with Crippen LogP contribution < -0.4 is 4.74 Å². The fraction of sp³-hybridized carbons (Fsp3) is 0.500. The number of alkyl halides is 1. The SMILES string of the molecule is COC1CCCC(Oc2ccc(C#CCCl)c(F)c2)C1. The fourth-order valence-corrected chi connectivity index (χ4v) is 2.48. The maximum absolute atomic E-state index is 13.8. The minimum Gasteiger partial charge on any atom is -0.490 e. The van der Waals surface area contributed by atoms with Gasteiger partial charge in [0, 0.05) is 19.6 Å². The third kappa shape index (κ3) is 4.13. The Hall–Kier alpha value is -1.24. The molecule has 1 aliphatic rings. The summed E-state index contributed by atoms with van der Waals surface area (Å²) in [5.74, 6) is 5.67. The molecule has 0 spiro atoms. The second-order valence-electron chi connectivity index (χ2n) is 4.84. The molecule has 0 aromatic heterocycles. The van der Waals surface area contributed by atoms with Gasteiger partial charge in [0.25, 0.3) is 0 Å². The van der Waals surface area contributed by atoms with Crippen molar-refractivity contribution >= 4 is 11.6 Å². The monoisotopic (exact) mass is 296 g/mol. The van der Waals surface area contributed by atoms with Gasteiger partial charge in [-0.25, -0.2) is 4.39 Å². The van der Waals surface area contributed by atoms with Crippen LogP contribution in [0.25, 0.3) is 0 Å². The van der Waals surface area contributed by atoms with Crippen molar-refractivity contribution in [1.29, 1.82) is 0 Å². The lowest BCUT2D eigenvalue weighted by Gasteiger charge is -2.28. The molecule has 0 aliphatic heterocycles. The van der Waals surface area contributed by atoms with Crippen LogP contribution in [0.2, 0.25) is 0 Å². The van der Waals surface area contributed by atoms with Crippen molar-refractivity contribution in [2.45, 2.75) is 37.9 Å². The highest BCUT2D eigenvalue weighted by molar-refractivity contribution is 6.19. The van der Waals surface area contributed by atoms with Crippen molar-refractivity contribution < 1.29 is 13.9 Å². The van der Waals surface area contributed by atoms with Gasteiger partial charge in [0.05, 0.1) is 17.5 Å². The summed E-state index contributed by atoms with van der Waals surface area (Å²) in [7, 11) is 1.72. The predicted octanol–water partition coefficient (Wildman–Crippen LogP) is 3.75. The Bertz CT molecular complexity index is 507. The second kappa shape index (κ2) is 7.52. The van der Waals surface area contributed by atoms with Crippen LogP contribution in [0.1, 0.15) is 31.2 Å². The minimum absolute atomic E-state index is 0.0906. The van der Waals surface area contributed by atoms with Gasteiger partial charge in [-0.05, 0) is 31.4 Å². The largest absolute Gasteiger partial charge is 0.490 e. The van der Waals surface area contributed by atoms with Crippen molar-refractivity contribution in [3.05, 3.63) is 29.6 Å². The Morgan fingerprint density at radius 1 is 1.35 bits per heavy atom. The molecule has 0 heterocycles. The molecule has 1 aromatic carbocycles. The van der Waals surface area contributed by atoms with E-state index < -0.39 is 0 Å². The van der Waals surface area contributed by atoms with E-state index in [4.69, 9.17) is 21.1 Å². The Labute approximate surface area is 124 Å². The number of ether oxygens (including phenoxy) is 2. The standard InChI is InChI=1S/C16H18ClFO2/c1-19-13-5-2-6-14(10-13)20-15-8-7-12(4-3-9-17)16(18)11-15/h7-8,11,13-14H,2,5-6,9-10H2,1H3. The smallest absolute Gasteiger partial charge is 0.142 e. The van der Waals surface area contributed by atoms with E-state index in [1.54, 1.807) is 19.2 Å². The van der Waals surface area contributed by atoms with Gasteiger partial charge in [0.2, 0.25) is 0 Å². The van der Waals surface area contributed by atoms with Crippen LogP contribution in [0, 0.1) is 17.7 Å². The average molecular weight is 297 g/mol. The number of benzene rings is 1. The molecular weight excluding hydrogens is 279 g/mol. The van der Waals surface area contributed by atoms with E-state index in [2.05, 4.69) is 11.8 Å². The highest BCUT2D eigenvalue weighted by Crippen LogP contribution is 2.26. The van der Waals surface area contributed by atoms with E-state index in [-0.39, 0.29) is 23.9 Å². The zero-order valence-electron chi connectivity index (χ0n) is 11.5. The van der Waals surface area contributed by atoms with Crippen LogP contribution in [-0.4, -0.2) is 25.2 Å². The maximum atomic E-state index is 13.8. The number of rotatable bonds is 3. The van der Waals surface area contributed by atoms with E-state index in [0.717, 1.165) is 25.7 Å². The molecule has 2 rings (SSSR count). The fourth-order valence-electron chi connectivity index (χ4n) is 2.41. The highest BCUT2D eigenvalue weighted by atomic mass is 35.5. The summed E-state index contributed by atoms with van der Waals surface area (Å²) in [6, 6.07) is 4.76. The van der Waals surface area contributed by atoms with Crippen molar-refractivity contribution in [2.75, 3.05) is 13.0 Å². The lowest BCUT2D eigenvalue weighted by molar-refractivity contribution is 0.0209. The van der Waals surface area contributed by atoms with Crippen molar-refractivity contribution in [1.82, 2.24) is 0 Å². The molecule has 4 heteroatoms. The summed E-state index contributed by atoms with van der Waals surface area (Å²) in [5.41, 5.74) is 0.344. The maximum Gasteiger partial charge on any atom is 0.142 e. The lowest BCUT2D eigenvalue weighted by atomic mass is 9.95. The molecule has 2 nitrogen and oxygen atoms in total. The molecule has 0 saturated heterocycles. The molecule has 1 aliphatic carbocycles. The molecule has 0 amide bonds. The zero-order valence-corrected chi connectivity index (χ0v) is 12.3. The van der Waals surface area contributed by atoms with Crippen LogP contribution in [-0.2, 0) is 4.74 Å². The van der Waals surface area contributed by atoms with Gasteiger partial charge in [-0.15, -0.1) is 11.6 Å². The molecule has 108 valence electrons. The number of methoxy groups -OCH3 is 1. The molecule has 0 radical (unpaired) electrons. The number of hydrogen-bond acceptors (Lipinski definition) is 2. The van der Waals surface area contributed by atoms with Crippen LogP contribution in [0.4, 0.5) is 4.39 Å². The van der Waals surface area contributed by atoms with Gasteiger partial charge in [-0.1, -0.05) is 11.8 Å². The predicted molar refractivity (Wildman–Crippen MR) is 77.7 cm³/mol. The first kappa shape index (κ1) is 15.2. The quantitative estimate of drug-likeness (QED) is 0.625. The van der Waals surface area contributed by atoms with Gasteiger partial charge in [0.1, 0.15) is 17.7 Å². The van der Waals surface area contributed by atoms with Gasteiger partial charge >= 0.3 is 0 Å². The Kier molecular flexibility index (Phi) is 5.70. The van der Waals surface area contributed by atoms with Gasteiger partial charge in [0.15, 0.2) is 0 Å². The molecule has 2 atom stereocenters. The molecule has 1 saturated carbocycles. The van der Waals surface area contributed by atoms with Crippen molar-refractivity contribution in [2.24, 2.45) is 0 Å². The molecule has 20 heavy (non-hydrogen) atoms. The normalized spacial score (nSPS) is 21.9. The minimum atomic E-state index is -0.376. The first-order valence-corrected chi connectivity index (χ1v) is 7.30. The molecule has 1 fully saturated rings. The van der Waals surface area contributed by atoms with Crippen LogP contribution >= 0.6 is 11.6 Å². The summed E-state index contributed by atoms with van der Waals surface area (Å²) in [6.45, 7) is 0. The topological polar surface area (TPSA) is 18.5 Å². The average Bonchev–Trinajstić information content (AvgIpc) is 2.47. The Morgan fingerprint density at radius 3 is 2.85 bits per heavy atom. The number of halogens is 2. The molecule has 2 unspecified atom stereocenters. The van der Waals surface area contributed by atoms with E-state index in [0.29, 0.717) is 11.3 Å². The van der Waals surface area contributed by atoms with E-state index in [1.807, 2.05) is 0 Å². The van der Waals surface area contributed by atoms with Crippen molar-refractivity contribution in [3.8, 4) is 17.6 Å². The molecular formula is C16H18ClFO2. The summed E-state index contributed by atoms with van der Waals surface area (Å²) in [6.07, 6.45) is 4.31. The Balaban J connectivity index is 2.01. The summed E-state index contributed by atoms with van der Waals surface area (Å²) in [5, 5.41) is 0. The molecule has 0 N–H and O–H groups in total. The Morgan fingerprint density at radius 2 is 2.15 bits per heavy atom. The third-order valence-electron chi connectivity index (χ3n) is 3.44. The molecule has 1 aromatic rings. The van der Waals surface area contributed by atoms with Crippen LogP contribution in [0.5, 0.6) is 5.75 Å². The number of hydrogen-bond donors (Lipinski definition) is 0. The van der Waals surface area contributed by atoms with E-state index >= 15 is 0 Å². The summed E-state index contributed by atoms with van der Waals surface area (Å²) < 4.78 is 25.0. The third-order valence-corrected chi connectivity index (χ3v) is 3.58. The van der Waals surface area contributed by atoms with Gasteiger partial charge in [-0.3, -0.25) is 0 Å². The van der Waals surface area contributed by atoms with Gasteiger partial charge < -0.3 is 9.47 Å². The van der Waals surface area contributed by atoms with Crippen LogP contribution in [0.3, 0.4) is 0 Å². The first-order valence-electron chi connectivity index (χ1n) is 6.76. The first-order chi connectivity index (χ1) is 9.72. The van der Waals surface area contributed by atoms with Crippen molar-refractivity contribution in [3.63, 3.8) is 0 Å². The van der Waals surface area contributed by atoms with E-state index in [1.165, 1.54) is 6.07 Å².